The Morgan fingerprint density at radius 3 is 2.71 bits per heavy atom. The lowest BCUT2D eigenvalue weighted by Gasteiger charge is -2.24. The number of hydrogen-bond acceptors (Lipinski definition) is 6. The molecule has 2 saturated heterocycles. The molecule has 2 fully saturated rings. The molecule has 8 heteroatoms. The Balaban J connectivity index is 1.68. The monoisotopic (exact) mass is 344 g/mol. The second-order valence-corrected chi connectivity index (χ2v) is 7.33. The third kappa shape index (κ3) is 5.83. The van der Waals surface area contributed by atoms with Crippen LogP contribution in [0.25, 0.3) is 0 Å². The Morgan fingerprint density at radius 1 is 1.33 bits per heavy atom. The van der Waals surface area contributed by atoms with Crippen LogP contribution in [0.15, 0.2) is 0 Å². The van der Waals surface area contributed by atoms with E-state index in [1.165, 1.54) is 4.90 Å². The van der Waals surface area contributed by atoms with Crippen molar-refractivity contribution >= 4 is 12.2 Å². The first-order valence-corrected chi connectivity index (χ1v) is 8.43. The maximum absolute atomic E-state index is 12.0. The van der Waals surface area contributed by atoms with E-state index in [1.807, 2.05) is 0 Å². The molecular formula is C16H28N2O6. The number of nitrogens with one attached hydrogen (secondary N) is 1. The summed E-state index contributed by atoms with van der Waals surface area (Å²) < 4.78 is 15.8. The second-order valence-electron chi connectivity index (χ2n) is 7.33. The summed E-state index contributed by atoms with van der Waals surface area (Å²) >= 11 is 0. The van der Waals surface area contributed by atoms with Gasteiger partial charge in [0, 0.05) is 25.6 Å². The molecule has 0 spiro atoms. The first-order valence-electron chi connectivity index (χ1n) is 8.43. The molecule has 2 aliphatic heterocycles. The maximum atomic E-state index is 12.0. The van der Waals surface area contributed by atoms with Crippen molar-refractivity contribution in [2.75, 3.05) is 32.8 Å². The Kier molecular flexibility index (Phi) is 6.28. The summed E-state index contributed by atoms with van der Waals surface area (Å²) in [6.07, 6.45) is 0.189. The zero-order valence-corrected chi connectivity index (χ0v) is 14.6. The van der Waals surface area contributed by atoms with Crippen molar-refractivity contribution in [2.24, 2.45) is 5.92 Å². The van der Waals surface area contributed by atoms with E-state index in [2.05, 4.69) is 5.32 Å². The number of ether oxygens (including phenoxy) is 3. The van der Waals surface area contributed by atoms with Crippen LogP contribution in [0, 0.1) is 5.92 Å². The number of alkyl carbamates (subject to hydrolysis) is 1. The van der Waals surface area contributed by atoms with E-state index < -0.39 is 23.9 Å². The number of aliphatic hydroxyl groups is 1. The Morgan fingerprint density at radius 2 is 2.08 bits per heavy atom. The summed E-state index contributed by atoms with van der Waals surface area (Å²) in [5, 5.41) is 12.7. The molecule has 0 aliphatic carbocycles. The van der Waals surface area contributed by atoms with E-state index in [0.29, 0.717) is 13.2 Å². The highest BCUT2D eigenvalue weighted by molar-refractivity contribution is 5.69. The summed E-state index contributed by atoms with van der Waals surface area (Å²) in [6, 6.07) is 0. The highest BCUT2D eigenvalue weighted by Crippen LogP contribution is 2.19. The lowest BCUT2D eigenvalue weighted by Crippen LogP contribution is -2.37. The number of β-amino-alcohol motifs (C(OH)–C–C–N with tert-alkyl or cyclic N) is 1. The third-order valence-electron chi connectivity index (χ3n) is 3.99. The van der Waals surface area contributed by atoms with Crippen molar-refractivity contribution in [3.05, 3.63) is 0 Å². The highest BCUT2D eigenvalue weighted by atomic mass is 16.6. The number of nitrogens with zero attached hydrogens (tertiary/aromatic N) is 1. The molecule has 3 atom stereocenters. The van der Waals surface area contributed by atoms with Gasteiger partial charge in [0.25, 0.3) is 0 Å². The largest absolute Gasteiger partial charge is 0.447 e. The molecular weight excluding hydrogens is 316 g/mol. The molecule has 24 heavy (non-hydrogen) atoms. The molecule has 0 unspecified atom stereocenters. The van der Waals surface area contributed by atoms with Crippen LogP contribution in [0.4, 0.5) is 9.59 Å². The Bertz CT molecular complexity index is 444. The molecule has 0 radical (unpaired) electrons. The van der Waals surface area contributed by atoms with E-state index in [9.17, 15) is 14.7 Å². The van der Waals surface area contributed by atoms with Gasteiger partial charge in [-0.25, -0.2) is 9.59 Å². The van der Waals surface area contributed by atoms with E-state index in [1.54, 1.807) is 20.8 Å². The van der Waals surface area contributed by atoms with Gasteiger partial charge in [0.2, 0.25) is 0 Å². The second kappa shape index (κ2) is 8.02. The average Bonchev–Trinajstić information content (AvgIpc) is 3.10. The standard InChI is InChI=1S/C16H28N2O6/c1-16(2,3)24-15(21)18-8-11(13(19)9-18)7-17-14(20)23-10-12-5-4-6-22-12/h11-13,19H,4-10H2,1-3H3,(H,17,20)/t11-,12+,13+/m1/s1. The zero-order chi connectivity index (χ0) is 17.7. The minimum atomic E-state index is -0.698. The minimum absolute atomic E-state index is 0.0181. The van der Waals surface area contributed by atoms with Crippen LogP contribution in [0.3, 0.4) is 0 Å². The molecule has 0 saturated carbocycles. The van der Waals surface area contributed by atoms with Gasteiger partial charge in [0.05, 0.1) is 18.8 Å². The van der Waals surface area contributed by atoms with Crippen molar-refractivity contribution in [1.29, 1.82) is 0 Å². The van der Waals surface area contributed by atoms with Gasteiger partial charge in [0.1, 0.15) is 12.2 Å². The normalized spacial score (nSPS) is 27.2. The van der Waals surface area contributed by atoms with Gasteiger partial charge >= 0.3 is 12.2 Å². The van der Waals surface area contributed by atoms with Gasteiger partial charge < -0.3 is 29.5 Å². The smallest absolute Gasteiger partial charge is 0.410 e. The van der Waals surface area contributed by atoms with Gasteiger partial charge in [-0.2, -0.15) is 0 Å². The van der Waals surface area contributed by atoms with Crippen LogP contribution in [0.5, 0.6) is 0 Å². The summed E-state index contributed by atoms with van der Waals surface area (Å²) in [5.41, 5.74) is -0.579. The predicted molar refractivity (Wildman–Crippen MR) is 85.6 cm³/mol. The van der Waals surface area contributed by atoms with Gasteiger partial charge in [-0.15, -0.1) is 0 Å². The molecule has 8 nitrogen and oxygen atoms in total. The van der Waals surface area contributed by atoms with Crippen LogP contribution in [0.1, 0.15) is 33.6 Å². The van der Waals surface area contributed by atoms with Gasteiger partial charge in [-0.05, 0) is 33.6 Å². The molecule has 0 bridgehead atoms. The van der Waals surface area contributed by atoms with Crippen molar-refractivity contribution in [2.45, 2.75) is 51.4 Å². The third-order valence-corrected chi connectivity index (χ3v) is 3.99. The maximum Gasteiger partial charge on any atom is 0.410 e. The number of likely N-dealkylation sites (tertiary alicyclic amines) is 1. The Labute approximate surface area is 142 Å². The molecule has 2 amide bonds. The summed E-state index contributed by atoms with van der Waals surface area (Å²) in [5.74, 6) is -0.243. The number of rotatable bonds is 4. The molecule has 2 rings (SSSR count). The van der Waals surface area contributed by atoms with Crippen LogP contribution in [0.2, 0.25) is 0 Å². The summed E-state index contributed by atoms with van der Waals surface area (Å²) in [4.78, 5) is 25.2. The number of carbonyl (C=O) groups is 2. The average molecular weight is 344 g/mol. The fourth-order valence-electron chi connectivity index (χ4n) is 2.74. The fraction of sp³-hybridized carbons (Fsp3) is 0.875. The fourth-order valence-corrected chi connectivity index (χ4v) is 2.74. The molecule has 2 aliphatic rings. The van der Waals surface area contributed by atoms with Crippen LogP contribution in [-0.4, -0.2) is 72.8 Å². The minimum Gasteiger partial charge on any atom is -0.447 e. The van der Waals surface area contributed by atoms with E-state index >= 15 is 0 Å². The highest BCUT2D eigenvalue weighted by Gasteiger charge is 2.36. The molecule has 0 aromatic carbocycles. The lowest BCUT2D eigenvalue weighted by molar-refractivity contribution is 0.0270. The van der Waals surface area contributed by atoms with Crippen LogP contribution >= 0.6 is 0 Å². The first-order chi connectivity index (χ1) is 11.2. The molecule has 0 aromatic heterocycles. The number of aliphatic hydroxyl groups excluding tert-OH is 1. The number of carbonyl (C=O) groups excluding carboxylic acids is 2. The molecule has 0 aromatic rings. The quantitative estimate of drug-likeness (QED) is 0.793. The van der Waals surface area contributed by atoms with Crippen molar-refractivity contribution in [1.82, 2.24) is 10.2 Å². The zero-order valence-electron chi connectivity index (χ0n) is 14.6. The van der Waals surface area contributed by atoms with Crippen LogP contribution < -0.4 is 5.32 Å². The van der Waals surface area contributed by atoms with Crippen molar-refractivity contribution in [3.8, 4) is 0 Å². The van der Waals surface area contributed by atoms with Crippen LogP contribution in [-0.2, 0) is 14.2 Å². The topological polar surface area (TPSA) is 97.3 Å². The predicted octanol–water partition coefficient (Wildman–Crippen LogP) is 1.12. The van der Waals surface area contributed by atoms with E-state index in [0.717, 1.165) is 12.8 Å². The lowest BCUT2D eigenvalue weighted by atomic mass is 10.1. The number of amides is 2. The van der Waals surface area contributed by atoms with Gasteiger partial charge in [-0.1, -0.05) is 0 Å². The van der Waals surface area contributed by atoms with E-state index in [-0.39, 0.29) is 31.7 Å². The molecule has 138 valence electrons. The van der Waals surface area contributed by atoms with Gasteiger partial charge in [-0.3, -0.25) is 0 Å². The molecule has 2 heterocycles. The van der Waals surface area contributed by atoms with Crippen molar-refractivity contribution < 1.29 is 28.9 Å². The van der Waals surface area contributed by atoms with E-state index in [4.69, 9.17) is 14.2 Å². The van der Waals surface area contributed by atoms with Crippen molar-refractivity contribution in [3.63, 3.8) is 0 Å². The SMILES string of the molecule is CC(C)(C)OC(=O)N1C[C@@H](CNC(=O)OC[C@@H]2CCCO2)[C@@H](O)C1. The van der Waals surface area contributed by atoms with Gasteiger partial charge in [0.15, 0.2) is 0 Å². The number of hydrogen-bond donors (Lipinski definition) is 2. The summed E-state index contributed by atoms with van der Waals surface area (Å²) in [6.45, 7) is 7.11. The Hall–Kier alpha value is -1.54. The first kappa shape index (κ1) is 18.8. The summed E-state index contributed by atoms with van der Waals surface area (Å²) in [7, 11) is 0. The molecule has 2 N–H and O–H groups in total.